The molecule has 0 radical (unpaired) electrons. The van der Waals surface area contributed by atoms with Crippen molar-refractivity contribution >= 4 is 16.9 Å². The van der Waals surface area contributed by atoms with Gasteiger partial charge in [-0.1, -0.05) is 6.07 Å². The molecule has 0 aliphatic rings. The number of hydrogen-bond donors (Lipinski definition) is 2. The van der Waals surface area contributed by atoms with Crippen LogP contribution in [0.15, 0.2) is 24.4 Å². The molecule has 1 aromatic heterocycles. The summed E-state index contributed by atoms with van der Waals surface area (Å²) in [7, 11) is 0. The molecule has 4 nitrogen and oxygen atoms in total. The zero-order chi connectivity index (χ0) is 15.9. The molecular weight excluding hydrogens is 287 g/mol. The number of hydrogen-bond acceptors (Lipinski definition) is 2. The topological polar surface area (TPSA) is 62.5 Å². The van der Waals surface area contributed by atoms with Crippen molar-refractivity contribution in [1.29, 1.82) is 0 Å². The molecule has 0 fully saturated rings. The maximum atomic E-state index is 12.8. The number of alkyl halides is 3. The van der Waals surface area contributed by atoms with Gasteiger partial charge in [-0.05, 0) is 26.0 Å². The van der Waals surface area contributed by atoms with E-state index in [0.717, 1.165) is 12.1 Å². The highest BCUT2D eigenvalue weighted by Gasteiger charge is 2.32. The van der Waals surface area contributed by atoms with Crippen LogP contribution >= 0.6 is 0 Å². The fraction of sp³-hybridized carbons (Fsp3) is 0.357. The van der Waals surface area contributed by atoms with E-state index >= 15 is 0 Å². The Hall–Kier alpha value is -2.02. The number of aliphatic hydroxyl groups excluding tert-OH is 1. The molecule has 21 heavy (non-hydrogen) atoms. The van der Waals surface area contributed by atoms with E-state index in [0.29, 0.717) is 5.39 Å². The zero-order valence-electron chi connectivity index (χ0n) is 11.3. The van der Waals surface area contributed by atoms with Crippen LogP contribution in [0.1, 0.15) is 37.1 Å². The van der Waals surface area contributed by atoms with Crippen molar-refractivity contribution < 1.29 is 28.2 Å². The van der Waals surface area contributed by atoms with Crippen LogP contribution in [-0.2, 0) is 11.0 Å². The Morgan fingerprint density at radius 2 is 1.90 bits per heavy atom. The standard InChI is InChI=1S/C14H14F3NO3/c1-7(2)18-6-10(12(19)13(20)21)9-4-3-8(5-11(9)18)14(15,16)17/h3-7,12,19H,1-2H3,(H,20,21). The lowest BCUT2D eigenvalue weighted by atomic mass is 10.1. The highest BCUT2D eigenvalue weighted by molar-refractivity contribution is 5.89. The first-order valence-electron chi connectivity index (χ1n) is 6.25. The number of aromatic nitrogens is 1. The van der Waals surface area contributed by atoms with E-state index < -0.39 is 23.8 Å². The number of carbonyl (C=O) groups is 1. The molecule has 7 heteroatoms. The Labute approximate surface area is 118 Å². The van der Waals surface area contributed by atoms with Crippen molar-refractivity contribution in [3.63, 3.8) is 0 Å². The molecule has 1 aromatic carbocycles. The molecule has 2 aromatic rings. The minimum atomic E-state index is -4.48. The minimum Gasteiger partial charge on any atom is -0.479 e. The molecule has 0 amide bonds. The van der Waals surface area contributed by atoms with E-state index in [1.165, 1.54) is 16.8 Å². The van der Waals surface area contributed by atoms with Crippen LogP contribution in [0.3, 0.4) is 0 Å². The maximum absolute atomic E-state index is 12.8. The van der Waals surface area contributed by atoms with Crippen molar-refractivity contribution in [2.75, 3.05) is 0 Å². The van der Waals surface area contributed by atoms with Crippen molar-refractivity contribution in [3.05, 3.63) is 35.5 Å². The number of aliphatic carboxylic acids is 1. The van der Waals surface area contributed by atoms with Gasteiger partial charge >= 0.3 is 12.1 Å². The number of nitrogens with zero attached hydrogens (tertiary/aromatic N) is 1. The average molecular weight is 301 g/mol. The second-order valence-electron chi connectivity index (χ2n) is 5.06. The van der Waals surface area contributed by atoms with Gasteiger partial charge in [0.05, 0.1) is 5.56 Å². The van der Waals surface area contributed by atoms with Crippen LogP contribution in [0.25, 0.3) is 10.9 Å². The summed E-state index contributed by atoms with van der Waals surface area (Å²) in [6.45, 7) is 3.52. The van der Waals surface area contributed by atoms with Crippen molar-refractivity contribution in [1.82, 2.24) is 4.57 Å². The molecular formula is C14H14F3NO3. The molecule has 0 aliphatic carbocycles. The van der Waals surface area contributed by atoms with Gasteiger partial charge in [-0.15, -0.1) is 0 Å². The summed E-state index contributed by atoms with van der Waals surface area (Å²) in [5.74, 6) is -1.45. The summed E-state index contributed by atoms with van der Waals surface area (Å²) in [5.41, 5.74) is -0.485. The van der Waals surface area contributed by atoms with Gasteiger partial charge in [-0.3, -0.25) is 0 Å². The summed E-state index contributed by atoms with van der Waals surface area (Å²) >= 11 is 0. The fourth-order valence-corrected chi connectivity index (χ4v) is 2.23. The Morgan fingerprint density at radius 1 is 1.29 bits per heavy atom. The van der Waals surface area contributed by atoms with Gasteiger partial charge in [0.25, 0.3) is 0 Å². The van der Waals surface area contributed by atoms with E-state index in [1.54, 1.807) is 13.8 Å². The molecule has 0 spiro atoms. The second-order valence-corrected chi connectivity index (χ2v) is 5.06. The van der Waals surface area contributed by atoms with Crippen LogP contribution in [0.5, 0.6) is 0 Å². The molecule has 2 rings (SSSR count). The van der Waals surface area contributed by atoms with Crippen molar-refractivity contribution in [2.24, 2.45) is 0 Å². The Bertz CT molecular complexity index is 689. The fourth-order valence-electron chi connectivity index (χ4n) is 2.23. The highest BCUT2D eigenvalue weighted by Crippen LogP contribution is 2.35. The molecule has 1 atom stereocenters. The number of fused-ring (bicyclic) bond motifs is 1. The van der Waals surface area contributed by atoms with Gasteiger partial charge in [-0.25, -0.2) is 4.79 Å². The Kier molecular flexibility index (Phi) is 3.71. The Morgan fingerprint density at radius 3 is 2.38 bits per heavy atom. The van der Waals surface area contributed by atoms with Crippen molar-refractivity contribution in [2.45, 2.75) is 32.2 Å². The number of aliphatic hydroxyl groups is 1. The molecule has 0 aliphatic heterocycles. The maximum Gasteiger partial charge on any atom is 0.416 e. The van der Waals surface area contributed by atoms with Crippen LogP contribution in [-0.4, -0.2) is 20.7 Å². The molecule has 1 heterocycles. The molecule has 0 saturated carbocycles. The first kappa shape index (κ1) is 15.4. The summed E-state index contributed by atoms with van der Waals surface area (Å²) in [6, 6.07) is 2.86. The molecule has 0 saturated heterocycles. The van der Waals surface area contributed by atoms with Crippen LogP contribution < -0.4 is 0 Å². The predicted octanol–water partition coefficient (Wildman–Crippen LogP) is 3.36. The zero-order valence-corrected chi connectivity index (χ0v) is 11.3. The number of rotatable bonds is 3. The lowest BCUT2D eigenvalue weighted by Crippen LogP contribution is -2.10. The van der Waals surface area contributed by atoms with Gasteiger partial charge < -0.3 is 14.8 Å². The molecule has 0 bridgehead atoms. The lowest BCUT2D eigenvalue weighted by molar-refractivity contribution is -0.147. The summed E-state index contributed by atoms with van der Waals surface area (Å²) in [6.07, 6.45) is -4.87. The highest BCUT2D eigenvalue weighted by atomic mass is 19.4. The van der Waals surface area contributed by atoms with E-state index in [1.807, 2.05) is 0 Å². The summed E-state index contributed by atoms with van der Waals surface area (Å²) in [5, 5.41) is 18.9. The SMILES string of the molecule is CC(C)n1cc(C(O)C(=O)O)c2ccc(C(F)(F)F)cc21. The number of halogens is 3. The number of benzene rings is 1. The smallest absolute Gasteiger partial charge is 0.416 e. The first-order chi connectivity index (χ1) is 9.62. The number of carboxylic acid groups (broad SMARTS) is 1. The third kappa shape index (κ3) is 2.73. The van der Waals surface area contributed by atoms with Crippen LogP contribution in [0, 0.1) is 0 Å². The normalized spacial score (nSPS) is 13.9. The van der Waals surface area contributed by atoms with E-state index in [2.05, 4.69) is 0 Å². The Balaban J connectivity index is 2.73. The largest absolute Gasteiger partial charge is 0.479 e. The van der Waals surface area contributed by atoms with Gasteiger partial charge in [0.1, 0.15) is 0 Å². The lowest BCUT2D eigenvalue weighted by Gasteiger charge is -2.11. The molecule has 1 unspecified atom stereocenters. The third-order valence-corrected chi connectivity index (χ3v) is 3.28. The van der Waals surface area contributed by atoms with Gasteiger partial charge in [-0.2, -0.15) is 13.2 Å². The van der Waals surface area contributed by atoms with Gasteiger partial charge in [0.2, 0.25) is 0 Å². The number of carboxylic acids is 1. The van der Waals surface area contributed by atoms with Gasteiger partial charge in [0.15, 0.2) is 6.10 Å². The average Bonchev–Trinajstić information content (AvgIpc) is 2.75. The van der Waals surface area contributed by atoms with E-state index in [9.17, 15) is 23.1 Å². The minimum absolute atomic E-state index is 0.0833. The van der Waals surface area contributed by atoms with Gasteiger partial charge in [0, 0.05) is 28.7 Å². The quantitative estimate of drug-likeness (QED) is 0.913. The third-order valence-electron chi connectivity index (χ3n) is 3.28. The monoisotopic (exact) mass is 301 g/mol. The van der Waals surface area contributed by atoms with Crippen LogP contribution in [0.2, 0.25) is 0 Å². The van der Waals surface area contributed by atoms with E-state index in [4.69, 9.17) is 5.11 Å². The van der Waals surface area contributed by atoms with Crippen molar-refractivity contribution in [3.8, 4) is 0 Å². The second kappa shape index (κ2) is 5.07. The van der Waals surface area contributed by atoms with E-state index in [-0.39, 0.29) is 17.1 Å². The van der Waals surface area contributed by atoms with Crippen LogP contribution in [0.4, 0.5) is 13.2 Å². The predicted molar refractivity (Wildman–Crippen MR) is 69.9 cm³/mol. The first-order valence-corrected chi connectivity index (χ1v) is 6.25. The molecule has 2 N–H and O–H groups in total. The summed E-state index contributed by atoms with van der Waals surface area (Å²) in [4.78, 5) is 10.9. The molecule has 114 valence electrons. The summed E-state index contributed by atoms with van der Waals surface area (Å²) < 4.78 is 39.9.